The van der Waals surface area contributed by atoms with Gasteiger partial charge in [0.15, 0.2) is 0 Å². The summed E-state index contributed by atoms with van der Waals surface area (Å²) in [5.41, 5.74) is 0. The molecule has 0 aliphatic heterocycles. The van der Waals surface area contributed by atoms with Crippen molar-refractivity contribution in [3.05, 3.63) is 0 Å². The number of ether oxygens (including phenoxy) is 1. The van der Waals surface area contributed by atoms with E-state index in [2.05, 4.69) is 17.6 Å². The summed E-state index contributed by atoms with van der Waals surface area (Å²) in [6, 6.07) is -0.101. The molecule has 0 aliphatic carbocycles. The lowest BCUT2D eigenvalue weighted by molar-refractivity contribution is 0.126. The SMILES string of the molecule is CCCCCOCCCCCNC(=O)NC. The van der Waals surface area contributed by atoms with Gasteiger partial charge in [-0.05, 0) is 25.7 Å². The van der Waals surface area contributed by atoms with Crippen molar-refractivity contribution in [3.63, 3.8) is 0 Å². The summed E-state index contributed by atoms with van der Waals surface area (Å²) in [4.78, 5) is 10.8. The molecule has 0 unspecified atom stereocenters. The van der Waals surface area contributed by atoms with Crippen LogP contribution in [0.4, 0.5) is 4.79 Å². The monoisotopic (exact) mass is 230 g/mol. The van der Waals surface area contributed by atoms with Gasteiger partial charge >= 0.3 is 6.03 Å². The van der Waals surface area contributed by atoms with Crippen molar-refractivity contribution in [2.45, 2.75) is 45.4 Å². The predicted molar refractivity (Wildman–Crippen MR) is 66.7 cm³/mol. The van der Waals surface area contributed by atoms with Crippen molar-refractivity contribution < 1.29 is 9.53 Å². The van der Waals surface area contributed by atoms with E-state index >= 15 is 0 Å². The maximum Gasteiger partial charge on any atom is 0.314 e. The van der Waals surface area contributed by atoms with Gasteiger partial charge in [0, 0.05) is 26.8 Å². The number of urea groups is 1. The molecule has 0 rings (SSSR count). The molecule has 2 amide bonds. The van der Waals surface area contributed by atoms with Crippen LogP contribution in [0.2, 0.25) is 0 Å². The molecule has 16 heavy (non-hydrogen) atoms. The van der Waals surface area contributed by atoms with Crippen LogP contribution in [0.25, 0.3) is 0 Å². The Labute approximate surface area is 99.1 Å². The molecule has 0 heterocycles. The minimum absolute atomic E-state index is 0.101. The smallest absolute Gasteiger partial charge is 0.314 e. The number of hydrogen-bond acceptors (Lipinski definition) is 2. The predicted octanol–water partition coefficient (Wildman–Crippen LogP) is 2.29. The van der Waals surface area contributed by atoms with E-state index in [9.17, 15) is 4.79 Å². The minimum atomic E-state index is -0.101. The highest BCUT2D eigenvalue weighted by atomic mass is 16.5. The molecule has 2 N–H and O–H groups in total. The number of hydrogen-bond donors (Lipinski definition) is 2. The Morgan fingerprint density at radius 3 is 2.38 bits per heavy atom. The first kappa shape index (κ1) is 15.2. The van der Waals surface area contributed by atoms with E-state index in [1.165, 1.54) is 19.3 Å². The summed E-state index contributed by atoms with van der Waals surface area (Å²) in [7, 11) is 1.62. The van der Waals surface area contributed by atoms with Gasteiger partial charge in [0.05, 0.1) is 0 Å². The first-order valence-corrected chi connectivity index (χ1v) is 6.34. The van der Waals surface area contributed by atoms with Crippen molar-refractivity contribution in [1.29, 1.82) is 0 Å². The molecular weight excluding hydrogens is 204 g/mol. The van der Waals surface area contributed by atoms with Gasteiger partial charge < -0.3 is 15.4 Å². The van der Waals surface area contributed by atoms with Gasteiger partial charge in [-0.15, -0.1) is 0 Å². The van der Waals surface area contributed by atoms with Crippen LogP contribution in [0.15, 0.2) is 0 Å². The van der Waals surface area contributed by atoms with Crippen LogP contribution < -0.4 is 10.6 Å². The number of amides is 2. The molecule has 0 bridgehead atoms. The summed E-state index contributed by atoms with van der Waals surface area (Å²) in [5.74, 6) is 0. The van der Waals surface area contributed by atoms with E-state index < -0.39 is 0 Å². The molecule has 0 aromatic carbocycles. The summed E-state index contributed by atoms with van der Waals surface area (Å²) in [5, 5.41) is 5.28. The molecule has 0 spiro atoms. The first-order chi connectivity index (χ1) is 7.81. The Balaban J connectivity index is 2.96. The van der Waals surface area contributed by atoms with Crippen molar-refractivity contribution in [2.75, 3.05) is 26.8 Å². The summed E-state index contributed by atoms with van der Waals surface area (Å²) in [6.07, 6.45) is 6.89. The van der Waals surface area contributed by atoms with E-state index in [0.29, 0.717) is 0 Å². The lowest BCUT2D eigenvalue weighted by Gasteiger charge is -2.05. The third kappa shape index (κ3) is 11.3. The van der Waals surface area contributed by atoms with E-state index in [4.69, 9.17) is 4.74 Å². The van der Waals surface area contributed by atoms with Gasteiger partial charge in [-0.2, -0.15) is 0 Å². The van der Waals surface area contributed by atoms with Crippen molar-refractivity contribution in [3.8, 4) is 0 Å². The van der Waals surface area contributed by atoms with E-state index in [0.717, 1.165) is 39.0 Å². The zero-order valence-electron chi connectivity index (χ0n) is 10.7. The molecule has 0 aliphatic rings. The van der Waals surface area contributed by atoms with Gasteiger partial charge in [0.2, 0.25) is 0 Å². The van der Waals surface area contributed by atoms with Gasteiger partial charge in [0.25, 0.3) is 0 Å². The average Bonchev–Trinajstić information content (AvgIpc) is 2.31. The summed E-state index contributed by atoms with van der Waals surface area (Å²) in [6.45, 7) is 4.68. The number of carbonyl (C=O) groups is 1. The lowest BCUT2D eigenvalue weighted by Crippen LogP contribution is -2.33. The van der Waals surface area contributed by atoms with Crippen LogP contribution >= 0.6 is 0 Å². The summed E-state index contributed by atoms with van der Waals surface area (Å²) >= 11 is 0. The lowest BCUT2D eigenvalue weighted by atomic mass is 10.2. The van der Waals surface area contributed by atoms with E-state index in [1.807, 2.05) is 0 Å². The number of nitrogens with one attached hydrogen (secondary N) is 2. The molecule has 4 nitrogen and oxygen atoms in total. The Morgan fingerprint density at radius 1 is 1.06 bits per heavy atom. The summed E-state index contributed by atoms with van der Waals surface area (Å²) < 4.78 is 5.48. The standard InChI is InChI=1S/C12H26N2O2/c1-3-4-7-10-16-11-8-5-6-9-14-12(15)13-2/h3-11H2,1-2H3,(H2,13,14,15). The average molecular weight is 230 g/mol. The normalized spacial score (nSPS) is 10.1. The molecule has 0 fully saturated rings. The second-order valence-electron chi connectivity index (χ2n) is 3.89. The van der Waals surface area contributed by atoms with Crippen LogP contribution in [0, 0.1) is 0 Å². The third-order valence-corrected chi connectivity index (χ3v) is 2.37. The largest absolute Gasteiger partial charge is 0.381 e. The molecule has 0 saturated heterocycles. The molecule has 0 atom stereocenters. The van der Waals surface area contributed by atoms with Gasteiger partial charge in [-0.25, -0.2) is 4.79 Å². The van der Waals surface area contributed by atoms with Crippen LogP contribution in [-0.2, 0) is 4.74 Å². The highest BCUT2D eigenvalue weighted by Gasteiger charge is 1.94. The maximum atomic E-state index is 10.8. The fourth-order valence-corrected chi connectivity index (χ4v) is 1.35. The molecule has 0 aromatic heterocycles. The Morgan fingerprint density at radius 2 is 1.75 bits per heavy atom. The van der Waals surface area contributed by atoms with Crippen LogP contribution in [0.1, 0.15) is 45.4 Å². The fourth-order valence-electron chi connectivity index (χ4n) is 1.35. The van der Waals surface area contributed by atoms with Gasteiger partial charge in [-0.1, -0.05) is 19.8 Å². The third-order valence-electron chi connectivity index (χ3n) is 2.37. The Hall–Kier alpha value is -0.770. The van der Waals surface area contributed by atoms with Gasteiger partial charge in [-0.3, -0.25) is 0 Å². The van der Waals surface area contributed by atoms with Crippen LogP contribution in [0.3, 0.4) is 0 Å². The Kier molecular flexibility index (Phi) is 11.7. The molecular formula is C12H26N2O2. The quantitative estimate of drug-likeness (QED) is 0.566. The molecule has 0 saturated carbocycles. The van der Waals surface area contributed by atoms with Crippen molar-refractivity contribution >= 4 is 6.03 Å². The highest BCUT2D eigenvalue weighted by molar-refractivity contribution is 5.73. The second-order valence-corrected chi connectivity index (χ2v) is 3.89. The van der Waals surface area contributed by atoms with Crippen molar-refractivity contribution in [2.24, 2.45) is 0 Å². The van der Waals surface area contributed by atoms with E-state index in [1.54, 1.807) is 7.05 Å². The van der Waals surface area contributed by atoms with E-state index in [-0.39, 0.29) is 6.03 Å². The Bertz CT molecular complexity index is 163. The number of unbranched alkanes of at least 4 members (excludes halogenated alkanes) is 4. The molecule has 0 aromatic rings. The first-order valence-electron chi connectivity index (χ1n) is 6.34. The van der Waals surface area contributed by atoms with Gasteiger partial charge in [0.1, 0.15) is 0 Å². The van der Waals surface area contributed by atoms with Crippen LogP contribution in [-0.4, -0.2) is 32.8 Å². The molecule has 96 valence electrons. The maximum absolute atomic E-state index is 10.8. The highest BCUT2D eigenvalue weighted by Crippen LogP contribution is 1.98. The molecule has 4 heteroatoms. The van der Waals surface area contributed by atoms with Crippen molar-refractivity contribution in [1.82, 2.24) is 10.6 Å². The number of rotatable bonds is 10. The fraction of sp³-hybridized carbons (Fsp3) is 0.917. The zero-order valence-corrected chi connectivity index (χ0v) is 10.7. The topological polar surface area (TPSA) is 50.4 Å². The zero-order chi connectivity index (χ0) is 12.1. The van der Waals surface area contributed by atoms with Crippen LogP contribution in [0.5, 0.6) is 0 Å². The second kappa shape index (κ2) is 12.3. The molecule has 0 radical (unpaired) electrons. The minimum Gasteiger partial charge on any atom is -0.381 e. The number of carbonyl (C=O) groups excluding carboxylic acids is 1.